The van der Waals surface area contributed by atoms with Gasteiger partial charge in [0, 0.05) is 11.0 Å². The Bertz CT molecular complexity index is 949. The third-order valence-corrected chi connectivity index (χ3v) is 5.04. The molecule has 0 aliphatic carbocycles. The van der Waals surface area contributed by atoms with Gasteiger partial charge in [0.25, 0.3) is 5.91 Å². The van der Waals surface area contributed by atoms with E-state index in [1.807, 2.05) is 6.92 Å². The van der Waals surface area contributed by atoms with Gasteiger partial charge in [0.15, 0.2) is 18.1 Å². The number of ether oxygens (including phenoxy) is 3. The van der Waals surface area contributed by atoms with Crippen molar-refractivity contribution in [1.29, 1.82) is 0 Å². The average molecular weight is 433 g/mol. The highest BCUT2D eigenvalue weighted by atomic mass is 32.1. The minimum atomic E-state index is -0.719. The molecular weight excluding hydrogens is 410 g/mol. The molecule has 0 aliphatic heterocycles. The van der Waals surface area contributed by atoms with Crippen molar-refractivity contribution in [3.8, 4) is 11.5 Å². The van der Waals surface area contributed by atoms with Crippen molar-refractivity contribution in [3.63, 3.8) is 0 Å². The number of esters is 2. The van der Waals surface area contributed by atoms with Gasteiger partial charge < -0.3 is 24.6 Å². The van der Waals surface area contributed by atoms with Crippen LogP contribution in [0.4, 0.5) is 5.00 Å². The summed E-state index contributed by atoms with van der Waals surface area (Å²) in [5, 5.41) is 12.5. The Morgan fingerprint density at radius 3 is 2.60 bits per heavy atom. The zero-order valence-corrected chi connectivity index (χ0v) is 17.7. The van der Waals surface area contributed by atoms with E-state index in [2.05, 4.69) is 5.32 Å². The molecule has 0 aliphatic rings. The number of methoxy groups -OCH3 is 1. The van der Waals surface area contributed by atoms with Gasteiger partial charge in [-0.15, -0.1) is 11.3 Å². The van der Waals surface area contributed by atoms with E-state index in [0.29, 0.717) is 17.0 Å². The molecule has 0 radical (unpaired) electrons. The molecule has 0 bridgehead atoms. The smallest absolute Gasteiger partial charge is 0.341 e. The van der Waals surface area contributed by atoms with Crippen LogP contribution in [0, 0.1) is 0 Å². The Balaban J connectivity index is 1.94. The minimum absolute atomic E-state index is 0.0177. The van der Waals surface area contributed by atoms with E-state index in [1.165, 1.54) is 30.6 Å². The van der Waals surface area contributed by atoms with Crippen LogP contribution in [0.2, 0.25) is 0 Å². The number of anilines is 1. The summed E-state index contributed by atoms with van der Waals surface area (Å²) in [7, 11) is 1.42. The number of aryl methyl sites for hydroxylation is 1. The van der Waals surface area contributed by atoms with Crippen molar-refractivity contribution in [3.05, 3.63) is 46.3 Å². The molecule has 160 valence electrons. The molecule has 8 nitrogen and oxygen atoms in total. The molecule has 0 atom stereocenters. The Labute approximate surface area is 178 Å². The SMILES string of the molecule is CCOC(=O)c1cc(CC)sc1NC(=O)COC(=O)/C=C/c1ccc(O)c(OC)c1. The molecule has 1 heterocycles. The van der Waals surface area contributed by atoms with Crippen molar-refractivity contribution >= 4 is 40.3 Å². The summed E-state index contributed by atoms with van der Waals surface area (Å²) in [5.74, 6) is -1.56. The number of aromatic hydroxyl groups is 1. The molecule has 0 unspecified atom stereocenters. The van der Waals surface area contributed by atoms with Gasteiger partial charge in [-0.1, -0.05) is 13.0 Å². The maximum atomic E-state index is 12.1. The standard InChI is InChI=1S/C21H23NO7S/c1-4-14-11-15(21(26)28-5-2)20(30-14)22-18(24)12-29-19(25)9-7-13-6-8-16(23)17(10-13)27-3/h6-11,23H,4-5,12H2,1-3H3,(H,22,24)/b9-7+. The molecule has 1 amide bonds. The first kappa shape index (κ1) is 23.0. The zero-order chi connectivity index (χ0) is 22.1. The molecule has 0 fully saturated rings. The van der Waals surface area contributed by atoms with E-state index in [1.54, 1.807) is 25.1 Å². The van der Waals surface area contributed by atoms with Crippen LogP contribution < -0.4 is 10.1 Å². The number of amides is 1. The van der Waals surface area contributed by atoms with Crippen LogP contribution in [0.15, 0.2) is 30.3 Å². The molecule has 2 N–H and O–H groups in total. The van der Waals surface area contributed by atoms with Crippen molar-refractivity contribution in [2.24, 2.45) is 0 Å². The number of phenols is 1. The first-order valence-electron chi connectivity index (χ1n) is 9.19. The Hall–Kier alpha value is -3.33. The van der Waals surface area contributed by atoms with Crippen molar-refractivity contribution in [2.75, 3.05) is 25.6 Å². The molecule has 1 aromatic heterocycles. The molecule has 0 saturated carbocycles. The predicted octanol–water partition coefficient (Wildman–Crippen LogP) is 3.40. The second-order valence-electron chi connectivity index (χ2n) is 5.95. The fourth-order valence-corrected chi connectivity index (χ4v) is 3.38. The summed E-state index contributed by atoms with van der Waals surface area (Å²) >= 11 is 1.27. The minimum Gasteiger partial charge on any atom is -0.504 e. The lowest BCUT2D eigenvalue weighted by atomic mass is 10.2. The fraction of sp³-hybridized carbons (Fsp3) is 0.286. The average Bonchev–Trinajstić information content (AvgIpc) is 3.14. The second-order valence-corrected chi connectivity index (χ2v) is 7.09. The summed E-state index contributed by atoms with van der Waals surface area (Å²) in [4.78, 5) is 37.0. The lowest BCUT2D eigenvalue weighted by Gasteiger charge is -2.06. The van der Waals surface area contributed by atoms with Crippen LogP contribution in [0.5, 0.6) is 11.5 Å². The highest BCUT2D eigenvalue weighted by Crippen LogP contribution is 2.29. The van der Waals surface area contributed by atoms with E-state index < -0.39 is 24.5 Å². The number of nitrogens with one attached hydrogen (secondary N) is 1. The van der Waals surface area contributed by atoms with Gasteiger partial charge in [-0.05, 0) is 43.2 Å². The number of rotatable bonds is 9. The number of thiophene rings is 1. The van der Waals surface area contributed by atoms with Crippen LogP contribution in [-0.2, 0) is 25.5 Å². The first-order chi connectivity index (χ1) is 14.4. The molecule has 0 spiro atoms. The molecular formula is C21H23NO7S. The highest BCUT2D eigenvalue weighted by Gasteiger charge is 2.19. The van der Waals surface area contributed by atoms with Gasteiger partial charge in [-0.3, -0.25) is 4.79 Å². The number of phenolic OH excluding ortho intramolecular Hbond substituents is 1. The summed E-state index contributed by atoms with van der Waals surface area (Å²) in [6.45, 7) is 3.35. The lowest BCUT2D eigenvalue weighted by Crippen LogP contribution is -2.20. The Morgan fingerprint density at radius 2 is 1.93 bits per heavy atom. The van der Waals surface area contributed by atoms with Gasteiger partial charge in [0.2, 0.25) is 0 Å². The number of carbonyl (C=O) groups excluding carboxylic acids is 3. The van der Waals surface area contributed by atoms with Crippen molar-refractivity contribution in [1.82, 2.24) is 0 Å². The predicted molar refractivity (Wildman–Crippen MR) is 113 cm³/mol. The van der Waals surface area contributed by atoms with E-state index in [9.17, 15) is 19.5 Å². The van der Waals surface area contributed by atoms with Crippen LogP contribution >= 0.6 is 11.3 Å². The van der Waals surface area contributed by atoms with E-state index >= 15 is 0 Å². The number of hydrogen-bond acceptors (Lipinski definition) is 8. The number of carbonyl (C=O) groups is 3. The molecule has 9 heteroatoms. The van der Waals surface area contributed by atoms with E-state index in [0.717, 1.165) is 11.0 Å². The largest absolute Gasteiger partial charge is 0.504 e. The molecule has 30 heavy (non-hydrogen) atoms. The van der Waals surface area contributed by atoms with E-state index in [4.69, 9.17) is 14.2 Å². The number of hydrogen-bond donors (Lipinski definition) is 2. The van der Waals surface area contributed by atoms with Gasteiger partial charge >= 0.3 is 11.9 Å². The van der Waals surface area contributed by atoms with Crippen molar-refractivity contribution in [2.45, 2.75) is 20.3 Å². The summed E-state index contributed by atoms with van der Waals surface area (Å²) in [6, 6.07) is 6.25. The third kappa shape index (κ3) is 6.35. The Morgan fingerprint density at radius 1 is 1.17 bits per heavy atom. The van der Waals surface area contributed by atoms with Gasteiger partial charge in [-0.2, -0.15) is 0 Å². The highest BCUT2D eigenvalue weighted by molar-refractivity contribution is 7.16. The maximum absolute atomic E-state index is 12.1. The first-order valence-corrected chi connectivity index (χ1v) is 10.0. The van der Waals surface area contributed by atoms with Gasteiger partial charge in [0.1, 0.15) is 5.00 Å². The molecule has 2 aromatic rings. The summed E-state index contributed by atoms with van der Waals surface area (Å²) < 4.78 is 14.9. The van der Waals surface area contributed by atoms with Crippen LogP contribution in [0.25, 0.3) is 6.08 Å². The maximum Gasteiger partial charge on any atom is 0.341 e. The Kier molecular flexibility index (Phi) is 8.42. The molecule has 1 aromatic carbocycles. The van der Waals surface area contributed by atoms with Crippen LogP contribution in [0.1, 0.15) is 34.6 Å². The summed E-state index contributed by atoms with van der Waals surface area (Å²) in [5.41, 5.74) is 0.885. The summed E-state index contributed by atoms with van der Waals surface area (Å²) in [6.07, 6.45) is 3.33. The second kappa shape index (κ2) is 11.0. The quantitative estimate of drug-likeness (QED) is 0.460. The monoisotopic (exact) mass is 433 g/mol. The molecule has 0 saturated heterocycles. The number of benzene rings is 1. The molecule has 2 rings (SSSR count). The van der Waals surface area contributed by atoms with Gasteiger partial charge in [-0.25, -0.2) is 9.59 Å². The lowest BCUT2D eigenvalue weighted by molar-refractivity contribution is -0.142. The third-order valence-electron chi connectivity index (χ3n) is 3.84. The van der Waals surface area contributed by atoms with Crippen LogP contribution in [-0.4, -0.2) is 43.3 Å². The fourth-order valence-electron chi connectivity index (χ4n) is 2.38. The normalized spacial score (nSPS) is 10.6. The van der Waals surface area contributed by atoms with Gasteiger partial charge in [0.05, 0.1) is 19.3 Å². The van der Waals surface area contributed by atoms with Crippen LogP contribution in [0.3, 0.4) is 0 Å². The van der Waals surface area contributed by atoms with E-state index in [-0.39, 0.29) is 23.7 Å². The zero-order valence-electron chi connectivity index (χ0n) is 16.9. The topological polar surface area (TPSA) is 111 Å². The van der Waals surface area contributed by atoms with Crippen molar-refractivity contribution < 1.29 is 33.7 Å².